The third-order valence-electron chi connectivity index (χ3n) is 6.18. The summed E-state index contributed by atoms with van der Waals surface area (Å²) in [6, 6.07) is 5.76. The first-order valence-corrected chi connectivity index (χ1v) is 13.3. The molecular formula is C24H27N3O5S2. The Morgan fingerprint density at radius 2 is 2.15 bits per heavy atom. The lowest BCUT2D eigenvalue weighted by molar-refractivity contribution is -0.138. The molecule has 8 nitrogen and oxygen atoms in total. The minimum Gasteiger partial charge on any atom is -0.381 e. The van der Waals surface area contributed by atoms with Crippen molar-refractivity contribution in [3.8, 4) is 23.7 Å². The summed E-state index contributed by atoms with van der Waals surface area (Å²) in [4.78, 5) is 19.0. The van der Waals surface area contributed by atoms with Gasteiger partial charge in [0.1, 0.15) is 10.7 Å². The molecule has 34 heavy (non-hydrogen) atoms. The van der Waals surface area contributed by atoms with Crippen molar-refractivity contribution in [1.29, 1.82) is 0 Å². The zero-order valence-electron chi connectivity index (χ0n) is 18.9. The van der Waals surface area contributed by atoms with Crippen LogP contribution in [0.1, 0.15) is 23.9 Å². The van der Waals surface area contributed by atoms with Crippen LogP contribution in [0.5, 0.6) is 0 Å². The van der Waals surface area contributed by atoms with E-state index >= 15 is 0 Å². The number of amides is 1. The summed E-state index contributed by atoms with van der Waals surface area (Å²) in [5, 5.41) is 9.77. The largest absolute Gasteiger partial charge is 0.381 e. The van der Waals surface area contributed by atoms with Gasteiger partial charge in [0.05, 0.1) is 39.6 Å². The smallest absolute Gasteiger partial charge is 0.250 e. The van der Waals surface area contributed by atoms with Crippen LogP contribution in [0, 0.1) is 40.9 Å². The van der Waals surface area contributed by atoms with Gasteiger partial charge in [-0.1, -0.05) is 11.8 Å². The first-order valence-electron chi connectivity index (χ1n) is 11.1. The van der Waals surface area contributed by atoms with Gasteiger partial charge in [-0.05, 0) is 43.4 Å². The van der Waals surface area contributed by atoms with Gasteiger partial charge in [-0.2, -0.15) is 0 Å². The number of carbonyl (C=O) groups is 1. The number of carbonyl (C=O) groups excluding carboxylic acids is 1. The molecule has 2 fully saturated rings. The van der Waals surface area contributed by atoms with E-state index in [-0.39, 0.29) is 12.2 Å². The molecule has 2 N–H and O–H groups in total. The van der Waals surface area contributed by atoms with Gasteiger partial charge in [-0.25, -0.2) is 18.9 Å². The number of ether oxygens (including phenoxy) is 1. The Morgan fingerprint density at radius 1 is 1.35 bits per heavy atom. The van der Waals surface area contributed by atoms with Crippen LogP contribution in [-0.4, -0.2) is 68.0 Å². The van der Waals surface area contributed by atoms with E-state index in [1.165, 1.54) is 18.3 Å². The monoisotopic (exact) mass is 501 g/mol. The number of fused-ring (bicyclic) bond motifs is 1. The number of thiol groups is 1. The van der Waals surface area contributed by atoms with E-state index in [9.17, 15) is 13.2 Å². The zero-order valence-corrected chi connectivity index (χ0v) is 20.6. The van der Waals surface area contributed by atoms with Crippen LogP contribution in [0.4, 0.5) is 0 Å². The minimum absolute atomic E-state index is 0.248. The van der Waals surface area contributed by atoms with Crippen LogP contribution < -0.4 is 5.48 Å². The second-order valence-electron chi connectivity index (χ2n) is 9.12. The van der Waals surface area contributed by atoms with E-state index in [0.717, 1.165) is 53.6 Å². The van der Waals surface area contributed by atoms with E-state index in [2.05, 4.69) is 33.6 Å². The van der Waals surface area contributed by atoms with Gasteiger partial charge in [0.25, 0.3) is 0 Å². The number of nitrogens with one attached hydrogen (secondary N) is 1. The lowest BCUT2D eigenvalue weighted by atomic mass is 9.87. The number of aryl methyl sites for hydroxylation is 1. The molecule has 2 saturated heterocycles. The second-order valence-corrected chi connectivity index (χ2v) is 11.2. The summed E-state index contributed by atoms with van der Waals surface area (Å²) in [6.45, 7) is 6.40. The number of likely N-dealkylation sites (tertiary alicyclic amines) is 1. The van der Waals surface area contributed by atoms with Crippen molar-refractivity contribution >= 4 is 38.2 Å². The fourth-order valence-electron chi connectivity index (χ4n) is 4.03. The molecule has 0 unspecified atom stereocenters. The normalized spacial score (nSPS) is 18.2. The van der Waals surface area contributed by atoms with Crippen molar-refractivity contribution < 1.29 is 23.2 Å². The van der Waals surface area contributed by atoms with Crippen LogP contribution in [-0.2, 0) is 26.7 Å². The lowest BCUT2D eigenvalue weighted by Gasteiger charge is -2.40. The average Bonchev–Trinajstić information content (AvgIpc) is 3.15. The molecule has 10 heteroatoms. The summed E-state index contributed by atoms with van der Waals surface area (Å²) in [6.07, 6.45) is 0.670. The standard InChI is InChI=1S/C24H27N3O5S2/c1-24(16-34(30)31,23(28)26-29)9-8-22-25-20-7-6-17(10-21(20)33-22)4-2-3-5-18-11-27(12-18)13-19-14-32-15-19/h6-7,10,18-19,29,34H,8-9,11-16H2,1H3,(H,26,28)/t24-/m0/s1. The predicted octanol–water partition coefficient (Wildman–Crippen LogP) is 1.29. The van der Waals surface area contributed by atoms with E-state index in [1.807, 2.05) is 18.2 Å². The fraction of sp³-hybridized carbons (Fsp3) is 0.500. The maximum Gasteiger partial charge on any atom is 0.250 e. The molecule has 2 aromatic rings. The Hall–Kier alpha value is -2.47. The maximum atomic E-state index is 12.0. The summed E-state index contributed by atoms with van der Waals surface area (Å²) >= 11 is 1.48. The number of thiazole rings is 1. The highest BCUT2D eigenvalue weighted by molar-refractivity contribution is 7.72. The van der Waals surface area contributed by atoms with Crippen molar-refractivity contribution in [3.63, 3.8) is 0 Å². The molecule has 0 saturated carbocycles. The first-order chi connectivity index (χ1) is 16.3. The van der Waals surface area contributed by atoms with Gasteiger partial charge in [0, 0.05) is 43.5 Å². The highest BCUT2D eigenvalue weighted by atomic mass is 32.2. The Kier molecular flexibility index (Phi) is 7.87. The van der Waals surface area contributed by atoms with Crippen molar-refractivity contribution in [2.45, 2.75) is 19.8 Å². The topological polar surface area (TPSA) is 109 Å². The molecule has 1 aromatic heterocycles. The number of benzene rings is 1. The zero-order chi connectivity index (χ0) is 24.1. The predicted molar refractivity (Wildman–Crippen MR) is 130 cm³/mol. The van der Waals surface area contributed by atoms with Gasteiger partial charge in [-0.3, -0.25) is 10.0 Å². The molecule has 2 aliphatic heterocycles. The Morgan fingerprint density at radius 3 is 2.82 bits per heavy atom. The molecule has 0 bridgehead atoms. The molecule has 0 radical (unpaired) electrons. The number of hydrogen-bond donors (Lipinski definition) is 3. The molecule has 180 valence electrons. The van der Waals surface area contributed by atoms with E-state index in [4.69, 9.17) is 9.94 Å². The van der Waals surface area contributed by atoms with Crippen LogP contribution >= 0.6 is 11.3 Å². The van der Waals surface area contributed by atoms with Crippen LogP contribution in [0.25, 0.3) is 10.2 Å². The van der Waals surface area contributed by atoms with E-state index in [1.54, 1.807) is 5.48 Å². The van der Waals surface area contributed by atoms with Crippen LogP contribution in [0.2, 0.25) is 0 Å². The highest BCUT2D eigenvalue weighted by Gasteiger charge is 2.34. The Labute approximate surface area is 204 Å². The lowest BCUT2D eigenvalue weighted by Crippen LogP contribution is -2.50. The summed E-state index contributed by atoms with van der Waals surface area (Å²) in [7, 11) is -2.77. The van der Waals surface area contributed by atoms with Gasteiger partial charge in [-0.15, -0.1) is 11.3 Å². The van der Waals surface area contributed by atoms with Crippen LogP contribution in [0.15, 0.2) is 18.2 Å². The second kappa shape index (κ2) is 10.9. The van der Waals surface area contributed by atoms with Gasteiger partial charge in [0.2, 0.25) is 5.91 Å². The SMILES string of the molecule is C[C@](CCc1nc2ccc(C#CC#CC3CN(CC4COC4)C3)cc2s1)(C[SH](=O)=O)C(=O)NO. The van der Waals surface area contributed by atoms with Gasteiger partial charge < -0.3 is 9.64 Å². The average molecular weight is 502 g/mol. The van der Waals surface area contributed by atoms with Crippen LogP contribution in [0.3, 0.4) is 0 Å². The van der Waals surface area contributed by atoms with Crippen molar-refractivity contribution in [2.75, 3.05) is 38.6 Å². The molecule has 3 heterocycles. The molecule has 1 aromatic carbocycles. The van der Waals surface area contributed by atoms with Crippen molar-refractivity contribution in [3.05, 3.63) is 28.8 Å². The number of hydroxylamine groups is 1. The van der Waals surface area contributed by atoms with E-state index in [0.29, 0.717) is 18.3 Å². The van der Waals surface area contributed by atoms with Gasteiger partial charge >= 0.3 is 0 Å². The highest BCUT2D eigenvalue weighted by Crippen LogP contribution is 2.29. The Bertz CT molecular complexity index is 1250. The Balaban J connectivity index is 1.33. The number of nitrogens with zero attached hydrogens (tertiary/aromatic N) is 2. The summed E-state index contributed by atoms with van der Waals surface area (Å²) in [5.41, 5.74) is 2.03. The maximum absolute atomic E-state index is 12.0. The number of hydrogen-bond acceptors (Lipinski definition) is 8. The quantitative estimate of drug-likeness (QED) is 0.216. The van der Waals surface area contributed by atoms with Crippen molar-refractivity contribution in [2.24, 2.45) is 17.3 Å². The molecule has 0 spiro atoms. The number of rotatable bonds is 8. The number of aromatic nitrogens is 1. The van der Waals surface area contributed by atoms with Crippen molar-refractivity contribution in [1.82, 2.24) is 15.4 Å². The fourth-order valence-corrected chi connectivity index (χ4v) is 5.91. The third-order valence-corrected chi connectivity index (χ3v) is 8.21. The summed E-state index contributed by atoms with van der Waals surface area (Å²) < 4.78 is 28.6. The molecular weight excluding hydrogens is 474 g/mol. The van der Waals surface area contributed by atoms with Gasteiger partial charge in [0.15, 0.2) is 0 Å². The summed E-state index contributed by atoms with van der Waals surface area (Å²) in [5.74, 6) is 12.3. The molecule has 4 rings (SSSR count). The minimum atomic E-state index is -2.77. The molecule has 2 aliphatic rings. The molecule has 1 amide bonds. The molecule has 1 atom stereocenters. The third kappa shape index (κ3) is 6.15. The first kappa shape index (κ1) is 24.6. The van der Waals surface area contributed by atoms with E-state index < -0.39 is 22.0 Å². The molecule has 0 aliphatic carbocycles.